The van der Waals surface area contributed by atoms with E-state index >= 15 is 0 Å². The Hall–Kier alpha value is -1.97. The summed E-state index contributed by atoms with van der Waals surface area (Å²) < 4.78 is 10.9. The van der Waals surface area contributed by atoms with Crippen LogP contribution in [0.2, 0.25) is 0 Å². The lowest BCUT2D eigenvalue weighted by Gasteiger charge is -2.40. The average Bonchev–Trinajstić information content (AvgIpc) is 2.54. The molecule has 0 saturated heterocycles. The van der Waals surface area contributed by atoms with Gasteiger partial charge in [-0.2, -0.15) is 0 Å². The molecule has 1 saturated carbocycles. The van der Waals surface area contributed by atoms with Gasteiger partial charge in [0.15, 0.2) is 0 Å². The summed E-state index contributed by atoms with van der Waals surface area (Å²) in [5, 5.41) is 9.49. The van der Waals surface area contributed by atoms with Gasteiger partial charge in [-0.3, -0.25) is 0 Å². The third-order valence-corrected chi connectivity index (χ3v) is 5.23. The summed E-state index contributed by atoms with van der Waals surface area (Å²) in [6.07, 6.45) is 6.27. The van der Waals surface area contributed by atoms with Crippen molar-refractivity contribution in [3.8, 4) is 11.5 Å². The van der Waals surface area contributed by atoms with Crippen molar-refractivity contribution in [2.24, 2.45) is 17.3 Å². The molecule has 4 heteroatoms. The van der Waals surface area contributed by atoms with Crippen molar-refractivity contribution in [2.45, 2.75) is 53.1 Å². The summed E-state index contributed by atoms with van der Waals surface area (Å²) in [4.78, 5) is 12.3. The van der Waals surface area contributed by atoms with Crippen molar-refractivity contribution in [2.75, 3.05) is 7.11 Å². The summed E-state index contributed by atoms with van der Waals surface area (Å²) >= 11 is 0. The van der Waals surface area contributed by atoms with E-state index in [0.717, 1.165) is 18.4 Å². The first-order chi connectivity index (χ1) is 11.7. The molecule has 0 unspecified atom stereocenters. The number of hydrogen-bond acceptors (Lipinski definition) is 4. The van der Waals surface area contributed by atoms with Gasteiger partial charge in [0, 0.05) is 17.7 Å². The second kappa shape index (κ2) is 7.94. The molecule has 25 heavy (non-hydrogen) atoms. The van der Waals surface area contributed by atoms with Gasteiger partial charge in [-0.05, 0) is 54.7 Å². The van der Waals surface area contributed by atoms with Crippen LogP contribution < -0.4 is 4.74 Å². The van der Waals surface area contributed by atoms with Crippen molar-refractivity contribution >= 4 is 12.0 Å². The summed E-state index contributed by atoms with van der Waals surface area (Å²) in [5.74, 6) is 1.27. The summed E-state index contributed by atoms with van der Waals surface area (Å²) in [6.45, 7) is 8.92. The van der Waals surface area contributed by atoms with Gasteiger partial charge in [0.05, 0.1) is 7.11 Å². The van der Waals surface area contributed by atoms with E-state index in [9.17, 15) is 9.90 Å². The van der Waals surface area contributed by atoms with Crippen LogP contribution in [-0.2, 0) is 9.53 Å². The number of phenolic OH excluding ortho intramolecular Hbond substituents is 1. The van der Waals surface area contributed by atoms with E-state index in [1.165, 1.54) is 25.7 Å². The summed E-state index contributed by atoms with van der Waals surface area (Å²) in [7, 11) is 1.53. The van der Waals surface area contributed by atoms with E-state index in [0.29, 0.717) is 17.6 Å². The van der Waals surface area contributed by atoms with E-state index in [1.807, 2.05) is 0 Å². The third-order valence-electron chi connectivity index (χ3n) is 5.23. The van der Waals surface area contributed by atoms with Crippen LogP contribution in [0.25, 0.3) is 6.08 Å². The molecule has 2 rings (SSSR count). The Labute approximate surface area is 150 Å². The number of carbonyl (C=O) groups is 1. The fourth-order valence-electron chi connectivity index (χ4n) is 3.42. The highest BCUT2D eigenvalue weighted by atomic mass is 16.5. The fraction of sp³-hybridized carbons (Fsp3) is 0.571. The second-order valence-corrected chi connectivity index (χ2v) is 8.09. The first-order valence-corrected chi connectivity index (χ1v) is 8.96. The Balaban J connectivity index is 2.01. The van der Waals surface area contributed by atoms with Crippen molar-refractivity contribution in [1.82, 2.24) is 0 Å². The number of esters is 1. The molecule has 0 radical (unpaired) electrons. The molecule has 1 aliphatic rings. The summed E-state index contributed by atoms with van der Waals surface area (Å²) in [6, 6.07) is 4.78. The minimum Gasteiger partial charge on any atom is -0.508 e. The van der Waals surface area contributed by atoms with Gasteiger partial charge in [-0.1, -0.05) is 27.7 Å². The molecule has 138 valence electrons. The predicted octanol–water partition coefficient (Wildman–Crippen LogP) is 4.81. The van der Waals surface area contributed by atoms with Crippen LogP contribution >= 0.6 is 0 Å². The van der Waals surface area contributed by atoms with Gasteiger partial charge < -0.3 is 14.6 Å². The van der Waals surface area contributed by atoms with Crippen molar-refractivity contribution < 1.29 is 19.4 Å². The number of aromatic hydroxyl groups is 1. The lowest BCUT2D eigenvalue weighted by atomic mass is 9.69. The van der Waals surface area contributed by atoms with E-state index in [4.69, 9.17) is 9.47 Å². The van der Waals surface area contributed by atoms with Crippen molar-refractivity contribution in [3.05, 3.63) is 29.8 Å². The van der Waals surface area contributed by atoms with E-state index in [2.05, 4.69) is 27.7 Å². The average molecular weight is 346 g/mol. The lowest BCUT2D eigenvalue weighted by molar-refractivity contribution is -0.149. The number of phenols is 1. The highest BCUT2D eigenvalue weighted by Gasteiger charge is 2.35. The topological polar surface area (TPSA) is 55.8 Å². The van der Waals surface area contributed by atoms with Crippen LogP contribution in [0.1, 0.15) is 52.5 Å². The largest absolute Gasteiger partial charge is 0.508 e. The monoisotopic (exact) mass is 346 g/mol. The van der Waals surface area contributed by atoms with Crippen molar-refractivity contribution in [3.63, 3.8) is 0 Å². The first-order valence-electron chi connectivity index (χ1n) is 8.96. The molecule has 1 aromatic rings. The maximum Gasteiger partial charge on any atom is 0.331 e. The minimum absolute atomic E-state index is 0.0307. The van der Waals surface area contributed by atoms with Gasteiger partial charge in [0.1, 0.15) is 17.6 Å². The highest BCUT2D eigenvalue weighted by Crippen LogP contribution is 2.41. The second-order valence-electron chi connectivity index (χ2n) is 8.09. The molecule has 1 aromatic carbocycles. The number of benzene rings is 1. The number of carbonyl (C=O) groups excluding carboxylic acids is 1. The molecule has 0 bridgehead atoms. The van der Waals surface area contributed by atoms with Gasteiger partial charge in [-0.15, -0.1) is 0 Å². The molecule has 0 aromatic heterocycles. The number of ether oxygens (including phenoxy) is 2. The Morgan fingerprint density at radius 2 is 2.00 bits per heavy atom. The number of hydrogen-bond donors (Lipinski definition) is 1. The molecule has 0 heterocycles. The Morgan fingerprint density at radius 3 is 2.64 bits per heavy atom. The van der Waals surface area contributed by atoms with Gasteiger partial charge in [0.2, 0.25) is 0 Å². The molecule has 1 aliphatic carbocycles. The minimum atomic E-state index is -0.332. The lowest BCUT2D eigenvalue weighted by Crippen LogP contribution is -2.36. The zero-order valence-electron chi connectivity index (χ0n) is 15.9. The smallest absolute Gasteiger partial charge is 0.331 e. The number of methoxy groups -OCH3 is 1. The maximum absolute atomic E-state index is 12.3. The van der Waals surface area contributed by atoms with Crippen LogP contribution in [0.15, 0.2) is 24.3 Å². The van der Waals surface area contributed by atoms with E-state index in [1.54, 1.807) is 18.2 Å². The van der Waals surface area contributed by atoms with Crippen LogP contribution in [0, 0.1) is 17.3 Å². The van der Waals surface area contributed by atoms with Gasteiger partial charge >= 0.3 is 5.97 Å². The SMILES string of the molecule is COc1cc(O)ccc1C=CC(=O)O[C@@H]1C[C@@H](C(C)(C)C)CC[C@@H]1C. The van der Waals surface area contributed by atoms with Gasteiger partial charge in [0.25, 0.3) is 0 Å². The van der Waals surface area contributed by atoms with Gasteiger partial charge in [-0.25, -0.2) is 4.79 Å². The molecule has 0 aliphatic heterocycles. The molecular weight excluding hydrogens is 316 g/mol. The van der Waals surface area contributed by atoms with E-state index < -0.39 is 0 Å². The molecule has 1 N–H and O–H groups in total. The zero-order valence-corrected chi connectivity index (χ0v) is 15.9. The van der Waals surface area contributed by atoms with Crippen LogP contribution in [0.4, 0.5) is 0 Å². The molecule has 4 nitrogen and oxygen atoms in total. The van der Waals surface area contributed by atoms with E-state index in [-0.39, 0.29) is 23.2 Å². The Bertz CT molecular complexity index is 627. The fourth-order valence-corrected chi connectivity index (χ4v) is 3.42. The molecule has 3 atom stereocenters. The van der Waals surface area contributed by atoms with Crippen LogP contribution in [0.3, 0.4) is 0 Å². The Morgan fingerprint density at radius 1 is 1.28 bits per heavy atom. The first kappa shape index (κ1) is 19.4. The molecule has 0 spiro atoms. The normalized spacial score (nSPS) is 24.3. The standard InChI is InChI=1S/C21H30O4/c1-14-6-9-16(21(2,3)4)12-18(14)25-20(23)11-8-15-7-10-17(22)13-19(15)24-5/h7-8,10-11,13-14,16,18,22H,6,9,12H2,1-5H3/t14-,16-,18+/m0/s1. The van der Waals surface area contributed by atoms with Crippen LogP contribution in [-0.4, -0.2) is 24.3 Å². The summed E-state index contributed by atoms with van der Waals surface area (Å²) in [5.41, 5.74) is 0.960. The zero-order chi connectivity index (χ0) is 18.6. The Kier molecular flexibility index (Phi) is 6.15. The number of rotatable bonds is 4. The maximum atomic E-state index is 12.3. The third kappa shape index (κ3) is 5.25. The predicted molar refractivity (Wildman–Crippen MR) is 99.5 cm³/mol. The van der Waals surface area contributed by atoms with Crippen LogP contribution in [0.5, 0.6) is 11.5 Å². The van der Waals surface area contributed by atoms with Crippen molar-refractivity contribution in [1.29, 1.82) is 0 Å². The molecule has 1 fully saturated rings. The molecule has 0 amide bonds. The molecular formula is C21H30O4. The highest BCUT2D eigenvalue weighted by molar-refractivity contribution is 5.87. The quantitative estimate of drug-likeness (QED) is 0.628.